The molecule has 2 aromatic rings. The molecule has 0 amide bonds. The lowest BCUT2D eigenvalue weighted by molar-refractivity contribution is -0.245. The zero-order valence-electron chi connectivity index (χ0n) is 21.0. The van der Waals surface area contributed by atoms with Crippen LogP contribution in [0.2, 0.25) is 0 Å². The predicted octanol–water partition coefficient (Wildman–Crippen LogP) is 8.49. The van der Waals surface area contributed by atoms with Crippen molar-refractivity contribution in [2.45, 2.75) is 83.2 Å². The van der Waals surface area contributed by atoms with E-state index in [0.717, 1.165) is 25.0 Å². The monoisotopic (exact) mass is 489 g/mol. The number of hydroxylamine groups is 2. The maximum Gasteiger partial charge on any atom is 0.134 e. The highest BCUT2D eigenvalue weighted by Crippen LogP contribution is 2.46. The summed E-state index contributed by atoms with van der Waals surface area (Å²) in [5.41, 5.74) is -1.63. The Hall–Kier alpha value is -2.44. The molecule has 0 spiro atoms. The van der Waals surface area contributed by atoms with Gasteiger partial charge in [0, 0.05) is 16.6 Å². The molecule has 0 aliphatic carbocycles. The summed E-state index contributed by atoms with van der Waals surface area (Å²) in [4.78, 5) is 0. The van der Waals surface area contributed by atoms with E-state index in [1.54, 1.807) is 0 Å². The number of nitrogens with zero attached hydrogens (tertiary/aromatic N) is 1. The minimum absolute atomic E-state index is 0.108. The number of rotatable bonds is 8. The second-order valence-corrected chi connectivity index (χ2v) is 10.7. The van der Waals surface area contributed by atoms with Gasteiger partial charge in [0.15, 0.2) is 0 Å². The van der Waals surface area contributed by atoms with Crippen molar-refractivity contribution in [3.05, 3.63) is 83.5 Å². The Morgan fingerprint density at radius 1 is 0.857 bits per heavy atom. The summed E-state index contributed by atoms with van der Waals surface area (Å²) in [5.74, 6) is -3.86. The SMILES string of the molecule is C=CCC/C=C/CCc1cc(F)c(-c2cc(F)c(C3CC(C)(C)N(O)C(C)(C)C3)c(F)c2)c(F)c1. The van der Waals surface area contributed by atoms with Crippen molar-refractivity contribution in [1.82, 2.24) is 5.06 Å². The zero-order valence-corrected chi connectivity index (χ0v) is 21.0. The summed E-state index contributed by atoms with van der Waals surface area (Å²) in [6, 6.07) is 4.46. The zero-order chi connectivity index (χ0) is 26.0. The van der Waals surface area contributed by atoms with Crippen LogP contribution in [0.25, 0.3) is 11.1 Å². The lowest BCUT2D eigenvalue weighted by atomic mass is 9.72. The van der Waals surface area contributed by atoms with E-state index in [0.29, 0.717) is 31.2 Å². The van der Waals surface area contributed by atoms with Crippen LogP contribution in [0.4, 0.5) is 17.6 Å². The van der Waals surface area contributed by atoms with Crippen molar-refractivity contribution in [2.75, 3.05) is 0 Å². The minimum Gasteiger partial charge on any atom is -0.313 e. The Morgan fingerprint density at radius 3 is 1.89 bits per heavy atom. The standard InChI is InChI=1S/C29H35F4NO/c1-6-7-8-9-10-11-12-19-13-22(30)26(23(31)14-19)20-15-24(32)27(25(33)16-20)21-17-28(2,3)34(35)29(4,5)18-21/h6,9-10,13-16,21,35H,1,7-8,11-12,17-18H2,2-5H3/b10-9+. The molecule has 0 bridgehead atoms. The maximum absolute atomic E-state index is 15.2. The van der Waals surface area contributed by atoms with Gasteiger partial charge in [-0.1, -0.05) is 18.2 Å². The average molecular weight is 490 g/mol. The van der Waals surface area contributed by atoms with E-state index in [9.17, 15) is 14.0 Å². The van der Waals surface area contributed by atoms with E-state index in [-0.39, 0.29) is 11.1 Å². The van der Waals surface area contributed by atoms with Gasteiger partial charge < -0.3 is 5.21 Å². The summed E-state index contributed by atoms with van der Waals surface area (Å²) < 4.78 is 60.3. The first-order chi connectivity index (χ1) is 16.4. The van der Waals surface area contributed by atoms with Crippen molar-refractivity contribution < 1.29 is 22.8 Å². The number of piperidine rings is 1. The van der Waals surface area contributed by atoms with Gasteiger partial charge in [-0.05, 0) is 108 Å². The van der Waals surface area contributed by atoms with Gasteiger partial charge in [0.05, 0.1) is 5.56 Å². The van der Waals surface area contributed by atoms with Crippen molar-refractivity contribution in [1.29, 1.82) is 0 Å². The third kappa shape index (κ3) is 6.04. The molecule has 0 unspecified atom stereocenters. The highest BCUT2D eigenvalue weighted by Gasteiger charge is 2.46. The van der Waals surface area contributed by atoms with Gasteiger partial charge in [-0.3, -0.25) is 0 Å². The van der Waals surface area contributed by atoms with E-state index in [1.807, 2.05) is 45.9 Å². The normalized spacial score (nSPS) is 18.3. The number of hydrogen-bond donors (Lipinski definition) is 1. The van der Waals surface area contributed by atoms with Crippen molar-refractivity contribution in [2.24, 2.45) is 0 Å². The summed E-state index contributed by atoms with van der Waals surface area (Å²) in [6.45, 7) is 10.9. The number of hydrogen-bond acceptors (Lipinski definition) is 2. The molecule has 0 aromatic heterocycles. The molecule has 35 heavy (non-hydrogen) atoms. The Balaban J connectivity index is 1.87. The lowest BCUT2D eigenvalue weighted by Gasteiger charge is -2.51. The number of benzene rings is 2. The van der Waals surface area contributed by atoms with Crippen LogP contribution < -0.4 is 0 Å². The molecule has 2 nitrogen and oxygen atoms in total. The molecule has 1 heterocycles. The summed E-state index contributed by atoms with van der Waals surface area (Å²) >= 11 is 0. The molecular formula is C29H35F4NO. The van der Waals surface area contributed by atoms with Gasteiger partial charge in [0.1, 0.15) is 23.3 Å². The summed E-state index contributed by atoms with van der Waals surface area (Å²) in [6.07, 6.45) is 9.28. The molecule has 2 aromatic carbocycles. The largest absolute Gasteiger partial charge is 0.313 e. The van der Waals surface area contributed by atoms with E-state index in [2.05, 4.69) is 6.58 Å². The van der Waals surface area contributed by atoms with E-state index >= 15 is 8.78 Å². The Labute approximate surface area is 205 Å². The highest BCUT2D eigenvalue weighted by atomic mass is 19.1. The van der Waals surface area contributed by atoms with Crippen LogP contribution in [0, 0.1) is 23.3 Å². The van der Waals surface area contributed by atoms with Crippen LogP contribution in [-0.2, 0) is 6.42 Å². The second kappa shape index (κ2) is 10.7. The van der Waals surface area contributed by atoms with Crippen LogP contribution in [0.15, 0.2) is 49.1 Å². The van der Waals surface area contributed by atoms with Crippen LogP contribution in [-0.4, -0.2) is 21.3 Å². The molecule has 1 aliphatic rings. The van der Waals surface area contributed by atoms with Crippen molar-refractivity contribution in [3.8, 4) is 11.1 Å². The number of allylic oxidation sites excluding steroid dienone is 3. The molecular weight excluding hydrogens is 454 g/mol. The van der Waals surface area contributed by atoms with E-state index in [1.165, 1.54) is 17.2 Å². The smallest absolute Gasteiger partial charge is 0.134 e. The van der Waals surface area contributed by atoms with E-state index in [4.69, 9.17) is 0 Å². The van der Waals surface area contributed by atoms with Gasteiger partial charge in [-0.15, -0.1) is 6.58 Å². The highest BCUT2D eigenvalue weighted by molar-refractivity contribution is 5.66. The lowest BCUT2D eigenvalue weighted by Crippen LogP contribution is -2.58. The van der Waals surface area contributed by atoms with Gasteiger partial charge >= 0.3 is 0 Å². The first-order valence-electron chi connectivity index (χ1n) is 12.1. The maximum atomic E-state index is 15.2. The molecule has 1 fully saturated rings. The quantitative estimate of drug-likeness (QED) is 0.228. The first-order valence-corrected chi connectivity index (χ1v) is 12.1. The molecule has 1 aliphatic heterocycles. The molecule has 1 saturated heterocycles. The number of unbranched alkanes of at least 4 members (excludes halogenated alkanes) is 1. The molecule has 3 rings (SSSR count). The third-order valence-electron chi connectivity index (χ3n) is 6.82. The Morgan fingerprint density at radius 2 is 1.37 bits per heavy atom. The van der Waals surface area contributed by atoms with Crippen LogP contribution in [0.3, 0.4) is 0 Å². The molecule has 190 valence electrons. The van der Waals surface area contributed by atoms with E-state index < -0.39 is 45.8 Å². The van der Waals surface area contributed by atoms with Gasteiger partial charge in [0.25, 0.3) is 0 Å². The van der Waals surface area contributed by atoms with Gasteiger partial charge in [-0.2, -0.15) is 5.06 Å². The van der Waals surface area contributed by atoms with Gasteiger partial charge in [0.2, 0.25) is 0 Å². The molecule has 1 N–H and O–H groups in total. The fourth-order valence-corrected chi connectivity index (χ4v) is 5.34. The molecule has 0 saturated carbocycles. The van der Waals surface area contributed by atoms with Crippen LogP contribution in [0.1, 0.15) is 76.8 Å². The summed E-state index contributed by atoms with van der Waals surface area (Å²) in [5, 5.41) is 11.7. The van der Waals surface area contributed by atoms with Crippen molar-refractivity contribution in [3.63, 3.8) is 0 Å². The number of halogens is 4. The van der Waals surface area contributed by atoms with Crippen LogP contribution >= 0.6 is 0 Å². The van der Waals surface area contributed by atoms with Crippen LogP contribution in [0.5, 0.6) is 0 Å². The Bertz CT molecular complexity index is 1040. The van der Waals surface area contributed by atoms with Gasteiger partial charge in [-0.25, -0.2) is 17.6 Å². The summed E-state index contributed by atoms with van der Waals surface area (Å²) in [7, 11) is 0. The minimum atomic E-state index is -0.849. The number of aryl methyl sites for hydroxylation is 1. The third-order valence-corrected chi connectivity index (χ3v) is 6.82. The van der Waals surface area contributed by atoms with Crippen molar-refractivity contribution >= 4 is 0 Å². The Kier molecular flexibility index (Phi) is 8.28. The fourth-order valence-electron chi connectivity index (χ4n) is 5.34. The average Bonchev–Trinajstić information content (AvgIpc) is 2.73. The predicted molar refractivity (Wildman–Crippen MR) is 132 cm³/mol. The first kappa shape index (κ1) is 27.2. The fraction of sp³-hybridized carbons (Fsp3) is 0.448. The molecule has 6 heteroatoms. The molecule has 0 atom stereocenters. The topological polar surface area (TPSA) is 23.5 Å². The molecule has 0 radical (unpaired) electrons. The second-order valence-electron chi connectivity index (χ2n) is 10.7.